The molecule has 0 aliphatic rings. The van der Waals surface area contributed by atoms with Crippen LogP contribution in [0.1, 0.15) is 145 Å². The van der Waals surface area contributed by atoms with Crippen molar-refractivity contribution in [2.45, 2.75) is 145 Å². The Morgan fingerprint density at radius 3 is 1.23 bits per heavy atom. The zero-order chi connectivity index (χ0) is 20.1. The molecule has 0 N–H and O–H groups in total. The van der Waals surface area contributed by atoms with Crippen LogP contribution in [0.25, 0.3) is 0 Å². The molecule has 0 radical (unpaired) electrons. The second-order valence-electron chi connectivity index (χ2n) is 11.1. The van der Waals surface area contributed by atoms with Gasteiger partial charge in [-0.25, -0.2) is 0 Å². The molecule has 0 fully saturated rings. The van der Waals surface area contributed by atoms with Crippen molar-refractivity contribution in [3.63, 3.8) is 0 Å². The SMILES string of the molecule is CCCCCCCCCCCCCC(CC(CC)C(C)(C)C)C(C)(C)C. The van der Waals surface area contributed by atoms with Crippen molar-refractivity contribution in [3.8, 4) is 0 Å². The van der Waals surface area contributed by atoms with Crippen LogP contribution in [0.5, 0.6) is 0 Å². The van der Waals surface area contributed by atoms with Crippen molar-refractivity contribution in [1.29, 1.82) is 0 Å². The molecule has 2 atom stereocenters. The molecule has 0 aromatic rings. The molecule has 0 aliphatic carbocycles. The van der Waals surface area contributed by atoms with Gasteiger partial charge in [-0.2, -0.15) is 0 Å². The van der Waals surface area contributed by atoms with Crippen molar-refractivity contribution in [3.05, 3.63) is 0 Å². The summed E-state index contributed by atoms with van der Waals surface area (Å²) in [4.78, 5) is 0. The normalized spacial score (nSPS) is 15.2. The van der Waals surface area contributed by atoms with Gasteiger partial charge in [-0.15, -0.1) is 0 Å². The van der Waals surface area contributed by atoms with Gasteiger partial charge in [-0.05, 0) is 35.5 Å². The van der Waals surface area contributed by atoms with Crippen LogP contribution in [-0.4, -0.2) is 0 Å². The lowest BCUT2D eigenvalue weighted by Gasteiger charge is -2.38. The summed E-state index contributed by atoms with van der Waals surface area (Å²) < 4.78 is 0. The topological polar surface area (TPSA) is 0 Å². The summed E-state index contributed by atoms with van der Waals surface area (Å²) in [5.41, 5.74) is 0.909. The van der Waals surface area contributed by atoms with Crippen molar-refractivity contribution < 1.29 is 0 Å². The van der Waals surface area contributed by atoms with E-state index >= 15 is 0 Å². The van der Waals surface area contributed by atoms with Gasteiger partial charge in [0, 0.05) is 0 Å². The highest BCUT2D eigenvalue weighted by Crippen LogP contribution is 2.41. The van der Waals surface area contributed by atoms with Gasteiger partial charge in [0.05, 0.1) is 0 Å². The van der Waals surface area contributed by atoms with Crippen LogP contribution in [0.15, 0.2) is 0 Å². The number of unbranched alkanes of at least 4 members (excludes halogenated alkanes) is 10. The first kappa shape index (κ1) is 26.0. The summed E-state index contributed by atoms with van der Waals surface area (Å²) in [6.07, 6.45) is 20.1. The lowest BCUT2D eigenvalue weighted by molar-refractivity contribution is 0.121. The molecule has 2 unspecified atom stereocenters. The molecule has 0 rings (SSSR count). The van der Waals surface area contributed by atoms with Crippen molar-refractivity contribution in [2.24, 2.45) is 22.7 Å². The fourth-order valence-electron chi connectivity index (χ4n) is 4.44. The zero-order valence-corrected chi connectivity index (χ0v) is 20.1. The third-order valence-electron chi connectivity index (χ3n) is 6.67. The van der Waals surface area contributed by atoms with E-state index in [0.29, 0.717) is 10.8 Å². The molecule has 0 amide bonds. The van der Waals surface area contributed by atoms with Crippen molar-refractivity contribution >= 4 is 0 Å². The molecule has 0 nitrogen and oxygen atoms in total. The van der Waals surface area contributed by atoms with Gasteiger partial charge in [-0.3, -0.25) is 0 Å². The van der Waals surface area contributed by atoms with Gasteiger partial charge in [-0.1, -0.05) is 132 Å². The first-order valence-corrected chi connectivity index (χ1v) is 12.1. The van der Waals surface area contributed by atoms with Crippen LogP contribution in [0.3, 0.4) is 0 Å². The lowest BCUT2D eigenvalue weighted by atomic mass is 9.67. The Morgan fingerprint density at radius 1 is 0.500 bits per heavy atom. The molecule has 0 aromatic carbocycles. The van der Waals surface area contributed by atoms with E-state index in [1.807, 2.05) is 0 Å². The highest BCUT2D eigenvalue weighted by Gasteiger charge is 2.31. The monoisotopic (exact) mass is 366 g/mol. The molecule has 26 heavy (non-hydrogen) atoms. The third-order valence-corrected chi connectivity index (χ3v) is 6.67. The highest BCUT2D eigenvalue weighted by molar-refractivity contribution is 4.81. The highest BCUT2D eigenvalue weighted by atomic mass is 14.4. The van der Waals surface area contributed by atoms with Gasteiger partial charge in [0.1, 0.15) is 0 Å². The summed E-state index contributed by atoms with van der Waals surface area (Å²) in [6, 6.07) is 0. The zero-order valence-electron chi connectivity index (χ0n) is 20.1. The maximum Gasteiger partial charge on any atom is -0.0354 e. The minimum Gasteiger partial charge on any atom is -0.0654 e. The van der Waals surface area contributed by atoms with E-state index in [-0.39, 0.29) is 0 Å². The second kappa shape index (κ2) is 14.1. The Hall–Kier alpha value is 0. The molecule has 0 bridgehead atoms. The third kappa shape index (κ3) is 13.2. The van der Waals surface area contributed by atoms with Gasteiger partial charge in [0.2, 0.25) is 0 Å². The Balaban J connectivity index is 3.96. The minimum absolute atomic E-state index is 0.454. The van der Waals surface area contributed by atoms with Crippen LogP contribution in [0.2, 0.25) is 0 Å². The molecule has 0 aliphatic heterocycles. The average molecular weight is 367 g/mol. The smallest absolute Gasteiger partial charge is 0.0354 e. The molecule has 158 valence electrons. The van der Waals surface area contributed by atoms with E-state index in [4.69, 9.17) is 0 Å². The van der Waals surface area contributed by atoms with Crippen LogP contribution in [0.4, 0.5) is 0 Å². The van der Waals surface area contributed by atoms with Gasteiger partial charge >= 0.3 is 0 Å². The molecular weight excluding hydrogens is 312 g/mol. The summed E-state index contributed by atoms with van der Waals surface area (Å²) in [5.74, 6) is 1.74. The number of rotatable bonds is 15. The summed E-state index contributed by atoms with van der Waals surface area (Å²) in [7, 11) is 0. The molecule has 0 heterocycles. The van der Waals surface area contributed by atoms with Gasteiger partial charge in [0.15, 0.2) is 0 Å². The Bertz CT molecular complexity index is 301. The molecule has 0 saturated carbocycles. The van der Waals surface area contributed by atoms with Gasteiger partial charge < -0.3 is 0 Å². The van der Waals surface area contributed by atoms with Gasteiger partial charge in [0.25, 0.3) is 0 Å². The maximum absolute atomic E-state index is 2.46. The van der Waals surface area contributed by atoms with Crippen LogP contribution >= 0.6 is 0 Å². The average Bonchev–Trinajstić information content (AvgIpc) is 2.53. The quantitative estimate of drug-likeness (QED) is 0.253. The molecule has 0 saturated heterocycles. The summed E-state index contributed by atoms with van der Waals surface area (Å²) in [5, 5.41) is 0. The first-order valence-electron chi connectivity index (χ1n) is 12.1. The predicted molar refractivity (Wildman–Crippen MR) is 122 cm³/mol. The number of hydrogen-bond donors (Lipinski definition) is 0. The van der Waals surface area contributed by atoms with E-state index < -0.39 is 0 Å². The number of hydrogen-bond acceptors (Lipinski definition) is 0. The van der Waals surface area contributed by atoms with Crippen LogP contribution in [0, 0.1) is 22.7 Å². The lowest BCUT2D eigenvalue weighted by Crippen LogP contribution is -2.28. The Kier molecular flexibility index (Phi) is 14.1. The van der Waals surface area contributed by atoms with E-state index in [1.54, 1.807) is 0 Å². The first-order chi connectivity index (χ1) is 12.1. The van der Waals surface area contributed by atoms with E-state index in [9.17, 15) is 0 Å². The molecule has 0 heteroatoms. The summed E-state index contributed by atoms with van der Waals surface area (Å²) in [6.45, 7) is 19.4. The fraction of sp³-hybridized carbons (Fsp3) is 1.00. The summed E-state index contributed by atoms with van der Waals surface area (Å²) >= 11 is 0. The van der Waals surface area contributed by atoms with E-state index in [0.717, 1.165) is 11.8 Å². The van der Waals surface area contributed by atoms with E-state index in [2.05, 4.69) is 55.4 Å². The standard InChI is InChI=1S/C26H54/c1-9-11-12-13-14-15-16-17-18-19-20-21-24(26(6,7)8)22-23(10-2)25(3,4)5/h23-24H,9-22H2,1-8H3. The largest absolute Gasteiger partial charge is 0.0654 e. The van der Waals surface area contributed by atoms with Crippen LogP contribution in [-0.2, 0) is 0 Å². The maximum atomic E-state index is 2.46. The molecule has 0 aromatic heterocycles. The Labute approximate surface area is 168 Å². The fourth-order valence-corrected chi connectivity index (χ4v) is 4.44. The van der Waals surface area contributed by atoms with E-state index in [1.165, 1.54) is 89.9 Å². The predicted octanol–water partition coefficient (Wildman–Crippen LogP) is 9.81. The Morgan fingerprint density at radius 2 is 0.885 bits per heavy atom. The molecule has 0 spiro atoms. The minimum atomic E-state index is 0.454. The molecular formula is C26H54. The van der Waals surface area contributed by atoms with Crippen molar-refractivity contribution in [2.75, 3.05) is 0 Å². The van der Waals surface area contributed by atoms with Crippen molar-refractivity contribution in [1.82, 2.24) is 0 Å². The van der Waals surface area contributed by atoms with Crippen LogP contribution < -0.4 is 0 Å². The second-order valence-corrected chi connectivity index (χ2v) is 11.1.